The third-order valence-electron chi connectivity index (χ3n) is 6.20. The number of phenols is 2. The molecule has 0 spiro atoms. The summed E-state index contributed by atoms with van der Waals surface area (Å²) in [5, 5.41) is 20.4. The fourth-order valence-electron chi connectivity index (χ4n) is 4.36. The number of aromatic hydroxyl groups is 2. The van der Waals surface area contributed by atoms with Crippen LogP contribution in [0, 0.1) is 0 Å². The zero-order valence-electron chi connectivity index (χ0n) is 20.9. The van der Waals surface area contributed by atoms with E-state index in [9.17, 15) is 15.0 Å². The molecular formula is C30H31NO5S. The van der Waals surface area contributed by atoms with E-state index in [4.69, 9.17) is 9.47 Å². The summed E-state index contributed by atoms with van der Waals surface area (Å²) in [6.45, 7) is 9.58. The van der Waals surface area contributed by atoms with Gasteiger partial charge in [0, 0.05) is 59.4 Å². The van der Waals surface area contributed by atoms with E-state index in [2.05, 4.69) is 18.1 Å². The van der Waals surface area contributed by atoms with Crippen molar-refractivity contribution in [3.8, 4) is 27.7 Å². The highest BCUT2D eigenvalue weighted by molar-refractivity contribution is 7.22. The van der Waals surface area contributed by atoms with Crippen molar-refractivity contribution in [1.29, 1.82) is 0 Å². The number of nitrogens with zero attached hydrogens (tertiary/aromatic N) is 1. The van der Waals surface area contributed by atoms with E-state index in [0.29, 0.717) is 11.1 Å². The minimum absolute atomic E-state index is 0.0930. The zero-order chi connectivity index (χ0) is 26.4. The Morgan fingerprint density at radius 3 is 2.35 bits per heavy atom. The van der Waals surface area contributed by atoms with Gasteiger partial charge in [-0.15, -0.1) is 24.5 Å². The van der Waals surface area contributed by atoms with E-state index < -0.39 is 0 Å². The van der Waals surface area contributed by atoms with Gasteiger partial charge in [-0.2, -0.15) is 0 Å². The lowest BCUT2D eigenvalue weighted by atomic mass is 9.97. The highest BCUT2D eigenvalue weighted by Crippen LogP contribution is 2.41. The van der Waals surface area contributed by atoms with E-state index in [-0.39, 0.29) is 23.4 Å². The van der Waals surface area contributed by atoms with Gasteiger partial charge in [0.05, 0.1) is 0 Å². The number of methoxy groups -OCH3 is 1. The predicted molar refractivity (Wildman–Crippen MR) is 149 cm³/mol. The summed E-state index contributed by atoms with van der Waals surface area (Å²) >= 11 is 1.45. The van der Waals surface area contributed by atoms with E-state index in [1.54, 1.807) is 61.7 Å². The van der Waals surface area contributed by atoms with Crippen molar-refractivity contribution < 1.29 is 24.5 Å². The molecule has 2 N–H and O–H groups in total. The number of likely N-dealkylation sites (tertiary alicyclic amines) is 1. The molecule has 37 heavy (non-hydrogen) atoms. The van der Waals surface area contributed by atoms with Crippen LogP contribution in [0.1, 0.15) is 22.3 Å². The van der Waals surface area contributed by atoms with Crippen molar-refractivity contribution in [3.63, 3.8) is 0 Å². The second-order valence-corrected chi connectivity index (χ2v) is 9.79. The van der Waals surface area contributed by atoms with Crippen LogP contribution in [-0.2, 0) is 4.74 Å². The Kier molecular flexibility index (Phi) is 8.61. The van der Waals surface area contributed by atoms with Crippen LogP contribution in [0.2, 0.25) is 0 Å². The van der Waals surface area contributed by atoms with Gasteiger partial charge in [0.25, 0.3) is 0 Å². The molecule has 0 atom stereocenters. The molecule has 192 valence electrons. The van der Waals surface area contributed by atoms with Gasteiger partial charge in [-0.05, 0) is 78.7 Å². The number of carbonyl (C=O) groups excluding carboxylic acids is 1. The molecule has 0 bridgehead atoms. The number of carbonyl (C=O) groups is 1. The van der Waals surface area contributed by atoms with Crippen LogP contribution in [0.25, 0.3) is 20.5 Å². The van der Waals surface area contributed by atoms with Crippen molar-refractivity contribution in [3.05, 3.63) is 91.0 Å². The number of hydrogen-bond acceptors (Lipinski definition) is 7. The maximum atomic E-state index is 13.7. The Bertz CT molecular complexity index is 1340. The SMILES string of the molecule is C=C.COCCCN1CC(Oc2ccc(C(=O)c3c(-c4ccc(O)cc4)sc4cc(O)ccc34)cc2)C1. The van der Waals surface area contributed by atoms with E-state index in [0.717, 1.165) is 58.9 Å². The molecule has 6 nitrogen and oxygen atoms in total. The molecule has 3 aromatic carbocycles. The first-order chi connectivity index (χ1) is 18.0. The largest absolute Gasteiger partial charge is 0.508 e. The Balaban J connectivity index is 0.00000156. The molecule has 2 heterocycles. The summed E-state index contributed by atoms with van der Waals surface area (Å²) in [5.74, 6) is 0.983. The van der Waals surface area contributed by atoms with Crippen LogP contribution >= 0.6 is 11.3 Å². The number of rotatable bonds is 9. The molecule has 1 aromatic heterocycles. The number of ether oxygens (including phenoxy) is 2. The van der Waals surface area contributed by atoms with Gasteiger partial charge >= 0.3 is 0 Å². The van der Waals surface area contributed by atoms with Crippen LogP contribution < -0.4 is 4.74 Å². The van der Waals surface area contributed by atoms with Crippen molar-refractivity contribution in [2.24, 2.45) is 0 Å². The van der Waals surface area contributed by atoms with Gasteiger partial charge in [0.2, 0.25) is 0 Å². The Hall–Kier alpha value is -3.65. The first-order valence-corrected chi connectivity index (χ1v) is 12.9. The zero-order valence-corrected chi connectivity index (χ0v) is 21.7. The van der Waals surface area contributed by atoms with Crippen LogP contribution in [-0.4, -0.2) is 60.4 Å². The van der Waals surface area contributed by atoms with Gasteiger partial charge in [0.15, 0.2) is 5.78 Å². The number of fused-ring (bicyclic) bond motifs is 1. The van der Waals surface area contributed by atoms with E-state index in [1.807, 2.05) is 12.1 Å². The quantitative estimate of drug-likeness (QED) is 0.158. The molecule has 0 saturated carbocycles. The number of ketones is 1. The van der Waals surface area contributed by atoms with Crippen LogP contribution in [0.4, 0.5) is 0 Å². The van der Waals surface area contributed by atoms with Crippen LogP contribution in [0.5, 0.6) is 17.2 Å². The summed E-state index contributed by atoms with van der Waals surface area (Å²) in [4.78, 5) is 16.8. The second-order valence-electron chi connectivity index (χ2n) is 8.73. The molecule has 0 aliphatic carbocycles. The first kappa shape index (κ1) is 26.4. The van der Waals surface area contributed by atoms with E-state index >= 15 is 0 Å². The molecule has 1 aliphatic heterocycles. The van der Waals surface area contributed by atoms with Gasteiger partial charge in [-0.25, -0.2) is 0 Å². The lowest BCUT2D eigenvalue weighted by molar-refractivity contribution is 0.0153. The monoisotopic (exact) mass is 517 g/mol. The average Bonchev–Trinajstić information content (AvgIpc) is 3.27. The highest BCUT2D eigenvalue weighted by atomic mass is 32.1. The van der Waals surface area contributed by atoms with Gasteiger partial charge in [-0.1, -0.05) is 0 Å². The second kappa shape index (κ2) is 12.1. The fourth-order valence-corrected chi connectivity index (χ4v) is 5.60. The number of hydrogen-bond donors (Lipinski definition) is 2. The third-order valence-corrected chi connectivity index (χ3v) is 7.40. The molecule has 4 aromatic rings. The Morgan fingerprint density at radius 2 is 1.68 bits per heavy atom. The minimum Gasteiger partial charge on any atom is -0.508 e. The smallest absolute Gasteiger partial charge is 0.195 e. The number of thiophene rings is 1. The van der Waals surface area contributed by atoms with E-state index in [1.165, 1.54) is 11.3 Å². The molecule has 7 heteroatoms. The third kappa shape index (κ3) is 6.02. The van der Waals surface area contributed by atoms with Crippen LogP contribution in [0.15, 0.2) is 79.9 Å². The average molecular weight is 518 g/mol. The fraction of sp³-hybridized carbons (Fsp3) is 0.233. The molecule has 1 aliphatic rings. The summed E-state index contributed by atoms with van der Waals surface area (Å²) in [5.41, 5.74) is 2.00. The van der Waals surface area contributed by atoms with Crippen molar-refractivity contribution >= 4 is 27.2 Å². The summed E-state index contributed by atoms with van der Waals surface area (Å²) < 4.78 is 12.0. The number of phenolic OH excluding ortho intramolecular Hbond substituents is 2. The topological polar surface area (TPSA) is 79.2 Å². The molecule has 1 fully saturated rings. The van der Waals surface area contributed by atoms with Gasteiger partial charge in [-0.3, -0.25) is 9.69 Å². The maximum absolute atomic E-state index is 13.7. The molecule has 1 saturated heterocycles. The molecule has 0 amide bonds. The summed E-state index contributed by atoms with van der Waals surface area (Å²) in [6.07, 6.45) is 1.18. The van der Waals surface area contributed by atoms with Crippen LogP contribution in [0.3, 0.4) is 0 Å². The molecular weight excluding hydrogens is 486 g/mol. The lowest BCUT2D eigenvalue weighted by Crippen LogP contribution is -2.53. The molecule has 0 unspecified atom stereocenters. The molecule has 5 rings (SSSR count). The standard InChI is InChI=1S/C28H27NO5S.C2H4/c1-33-14-2-13-29-16-23(17-29)34-22-10-5-18(6-11-22)27(32)26-24-12-9-21(31)15-25(24)35-28(26)19-3-7-20(30)8-4-19;1-2/h3-12,15,23,30-31H,2,13-14,16-17H2,1H3;1-2H2. The minimum atomic E-state index is -0.0930. The van der Waals surface area contributed by atoms with Gasteiger partial charge in [0.1, 0.15) is 23.4 Å². The Labute approximate surface area is 221 Å². The summed E-state index contributed by atoms with van der Waals surface area (Å²) in [7, 11) is 1.72. The lowest BCUT2D eigenvalue weighted by Gasteiger charge is -2.39. The first-order valence-electron chi connectivity index (χ1n) is 12.1. The van der Waals surface area contributed by atoms with Crippen molar-refractivity contribution in [1.82, 2.24) is 4.90 Å². The maximum Gasteiger partial charge on any atom is 0.195 e. The number of benzene rings is 3. The highest BCUT2D eigenvalue weighted by Gasteiger charge is 2.28. The van der Waals surface area contributed by atoms with Crippen molar-refractivity contribution in [2.75, 3.05) is 33.4 Å². The predicted octanol–water partition coefficient (Wildman–Crippen LogP) is 6.11. The normalized spacial score (nSPS) is 13.5. The molecule has 0 radical (unpaired) electrons. The summed E-state index contributed by atoms with van der Waals surface area (Å²) in [6, 6.07) is 19.2. The van der Waals surface area contributed by atoms with Crippen molar-refractivity contribution in [2.45, 2.75) is 12.5 Å². The van der Waals surface area contributed by atoms with Gasteiger partial charge < -0.3 is 19.7 Å². The Morgan fingerprint density at radius 1 is 1.00 bits per heavy atom.